The molecular weight excluding hydrogens is 663 g/mol. The van der Waals surface area contributed by atoms with E-state index in [1.54, 1.807) is 49.8 Å². The van der Waals surface area contributed by atoms with Gasteiger partial charge in [-0.1, -0.05) is 58.8 Å². The Morgan fingerprint density at radius 3 is 2.55 bits per heavy atom. The van der Waals surface area contributed by atoms with Gasteiger partial charge in [0.25, 0.3) is 5.56 Å². The molecule has 0 saturated heterocycles. The monoisotopic (exact) mass is 686 g/mol. The second-order valence-electron chi connectivity index (χ2n) is 9.29. The highest BCUT2D eigenvalue weighted by molar-refractivity contribution is 9.10. The third kappa shape index (κ3) is 6.20. The summed E-state index contributed by atoms with van der Waals surface area (Å²) in [5.74, 6) is 0.771. The standard InChI is InChI=1S/C31H25BrCl2N2O5S/c1-4-40-30(38)27-17(2)35-31-36(28(27)19-8-12-25(39-3)23(32)14-19)29(37)26(42-31)13-18-5-10-22(11-6-18)41-16-20-7-9-21(33)15-24(20)34/h5-15,28H,4,16H2,1-3H3/b26-13+/t28-/m1/s1. The molecule has 1 aromatic heterocycles. The van der Waals surface area contributed by atoms with Crippen LogP contribution in [0.3, 0.4) is 0 Å². The average Bonchev–Trinajstić information content (AvgIpc) is 3.26. The van der Waals surface area contributed by atoms with E-state index in [0.29, 0.717) is 46.6 Å². The third-order valence-corrected chi connectivity index (χ3v) is 8.79. The largest absolute Gasteiger partial charge is 0.496 e. The fourth-order valence-electron chi connectivity index (χ4n) is 4.57. The molecule has 1 atom stereocenters. The van der Waals surface area contributed by atoms with Crippen molar-refractivity contribution in [1.29, 1.82) is 0 Å². The van der Waals surface area contributed by atoms with Gasteiger partial charge in [-0.3, -0.25) is 9.36 Å². The minimum atomic E-state index is -0.722. The van der Waals surface area contributed by atoms with Gasteiger partial charge < -0.3 is 14.2 Å². The van der Waals surface area contributed by atoms with E-state index in [9.17, 15) is 9.59 Å². The molecule has 2 heterocycles. The molecule has 4 aromatic rings. The Balaban J connectivity index is 1.50. The summed E-state index contributed by atoms with van der Waals surface area (Å²) in [6.07, 6.45) is 1.80. The summed E-state index contributed by atoms with van der Waals surface area (Å²) in [5.41, 5.74) is 2.90. The lowest BCUT2D eigenvalue weighted by molar-refractivity contribution is -0.139. The summed E-state index contributed by atoms with van der Waals surface area (Å²) in [7, 11) is 1.57. The molecule has 216 valence electrons. The van der Waals surface area contributed by atoms with Crippen LogP contribution in [0.5, 0.6) is 11.5 Å². The second-order valence-corrected chi connectivity index (χ2v) is 12.0. The van der Waals surface area contributed by atoms with E-state index >= 15 is 0 Å². The number of carbonyl (C=O) groups is 1. The van der Waals surface area contributed by atoms with Crippen LogP contribution in [0.2, 0.25) is 10.0 Å². The number of hydrogen-bond acceptors (Lipinski definition) is 7. The Bertz CT molecular complexity index is 1880. The Kier molecular flexibility index (Phi) is 9.22. The number of benzene rings is 3. The zero-order chi connectivity index (χ0) is 30.0. The van der Waals surface area contributed by atoms with Crippen LogP contribution in [0.4, 0.5) is 0 Å². The summed E-state index contributed by atoms with van der Waals surface area (Å²) in [5, 5.41) is 1.10. The first-order valence-electron chi connectivity index (χ1n) is 12.9. The number of halogens is 3. The zero-order valence-electron chi connectivity index (χ0n) is 22.8. The van der Waals surface area contributed by atoms with Gasteiger partial charge >= 0.3 is 5.97 Å². The fraction of sp³-hybridized carbons (Fsp3) is 0.194. The van der Waals surface area contributed by atoms with Crippen LogP contribution in [0.25, 0.3) is 6.08 Å². The smallest absolute Gasteiger partial charge is 0.338 e. The van der Waals surface area contributed by atoms with Crippen LogP contribution in [-0.4, -0.2) is 24.3 Å². The number of ether oxygens (including phenoxy) is 3. The Morgan fingerprint density at radius 2 is 1.88 bits per heavy atom. The maximum absolute atomic E-state index is 13.8. The Morgan fingerprint density at radius 1 is 1.12 bits per heavy atom. The number of nitrogens with zero attached hydrogens (tertiary/aromatic N) is 2. The molecule has 0 radical (unpaired) electrons. The Labute approximate surface area is 264 Å². The molecule has 0 aliphatic carbocycles. The van der Waals surface area contributed by atoms with Crippen LogP contribution in [0.15, 0.2) is 86.2 Å². The number of thiazole rings is 1. The van der Waals surface area contributed by atoms with Gasteiger partial charge in [0.1, 0.15) is 18.1 Å². The van der Waals surface area contributed by atoms with E-state index in [-0.39, 0.29) is 18.8 Å². The van der Waals surface area contributed by atoms with Gasteiger partial charge in [-0.2, -0.15) is 0 Å². The molecule has 42 heavy (non-hydrogen) atoms. The molecule has 0 amide bonds. The first kappa shape index (κ1) is 30.1. The molecule has 0 N–H and O–H groups in total. The second kappa shape index (κ2) is 12.9. The van der Waals surface area contributed by atoms with Gasteiger partial charge in [0.2, 0.25) is 0 Å². The van der Waals surface area contributed by atoms with Gasteiger partial charge in [0.15, 0.2) is 4.80 Å². The number of methoxy groups -OCH3 is 1. The van der Waals surface area contributed by atoms with Crippen molar-refractivity contribution < 1.29 is 19.0 Å². The predicted octanol–water partition coefficient (Wildman–Crippen LogP) is 6.46. The molecular formula is C31H25BrCl2N2O5S. The molecule has 0 unspecified atom stereocenters. The lowest BCUT2D eigenvalue weighted by atomic mass is 9.96. The van der Waals surface area contributed by atoms with Crippen molar-refractivity contribution in [2.75, 3.05) is 13.7 Å². The van der Waals surface area contributed by atoms with Crippen molar-refractivity contribution >= 4 is 62.5 Å². The maximum Gasteiger partial charge on any atom is 0.338 e. The summed E-state index contributed by atoms with van der Waals surface area (Å²) >= 11 is 17.0. The van der Waals surface area contributed by atoms with Gasteiger partial charge in [-0.15, -0.1) is 0 Å². The van der Waals surface area contributed by atoms with Crippen molar-refractivity contribution in [2.45, 2.75) is 26.5 Å². The number of carbonyl (C=O) groups excluding carboxylic acids is 1. The van der Waals surface area contributed by atoms with Crippen molar-refractivity contribution in [3.8, 4) is 11.5 Å². The minimum Gasteiger partial charge on any atom is -0.496 e. The average molecular weight is 688 g/mol. The quantitative estimate of drug-likeness (QED) is 0.199. The fourth-order valence-corrected chi connectivity index (χ4v) is 6.64. The van der Waals surface area contributed by atoms with Gasteiger partial charge in [-0.25, -0.2) is 9.79 Å². The molecule has 11 heteroatoms. The van der Waals surface area contributed by atoms with Crippen molar-refractivity contribution in [2.24, 2.45) is 4.99 Å². The first-order valence-corrected chi connectivity index (χ1v) is 15.3. The van der Waals surface area contributed by atoms with Crippen LogP contribution in [0.1, 0.15) is 36.6 Å². The Hall–Kier alpha value is -3.37. The number of fused-ring (bicyclic) bond motifs is 1. The summed E-state index contributed by atoms with van der Waals surface area (Å²) < 4.78 is 19.4. The van der Waals surface area contributed by atoms with Crippen molar-refractivity contribution in [3.63, 3.8) is 0 Å². The summed E-state index contributed by atoms with van der Waals surface area (Å²) in [4.78, 5) is 32.1. The van der Waals surface area contributed by atoms with E-state index in [2.05, 4.69) is 20.9 Å². The highest BCUT2D eigenvalue weighted by Crippen LogP contribution is 2.35. The topological polar surface area (TPSA) is 79.1 Å². The van der Waals surface area contributed by atoms with Crippen molar-refractivity contribution in [1.82, 2.24) is 4.57 Å². The van der Waals surface area contributed by atoms with Gasteiger partial charge in [-0.05, 0) is 83.4 Å². The summed E-state index contributed by atoms with van der Waals surface area (Å²) in [6.45, 7) is 3.99. The van der Waals surface area contributed by atoms with E-state index in [1.807, 2.05) is 42.5 Å². The summed E-state index contributed by atoms with van der Waals surface area (Å²) in [6, 6.07) is 17.4. The van der Waals surface area contributed by atoms with Gasteiger partial charge in [0, 0.05) is 15.6 Å². The third-order valence-electron chi connectivity index (χ3n) is 6.60. The lowest BCUT2D eigenvalue weighted by Gasteiger charge is -2.25. The predicted molar refractivity (Wildman–Crippen MR) is 168 cm³/mol. The highest BCUT2D eigenvalue weighted by Gasteiger charge is 2.33. The lowest BCUT2D eigenvalue weighted by Crippen LogP contribution is -2.39. The molecule has 3 aromatic carbocycles. The molecule has 0 bridgehead atoms. The van der Waals surface area contributed by atoms with Crippen LogP contribution < -0.4 is 24.4 Å². The minimum absolute atomic E-state index is 0.200. The van der Waals surface area contributed by atoms with Crippen molar-refractivity contribution in [3.05, 3.63) is 123 Å². The van der Waals surface area contributed by atoms with E-state index in [1.165, 1.54) is 11.3 Å². The molecule has 0 fully saturated rings. The number of aromatic nitrogens is 1. The van der Waals surface area contributed by atoms with E-state index in [4.69, 9.17) is 37.4 Å². The van der Waals surface area contributed by atoms with Gasteiger partial charge in [0.05, 0.1) is 40.0 Å². The van der Waals surface area contributed by atoms with Crippen LogP contribution in [0, 0.1) is 0 Å². The number of rotatable bonds is 8. The number of esters is 1. The van der Waals surface area contributed by atoms with E-state index < -0.39 is 12.0 Å². The SMILES string of the molecule is CCOC(=O)C1=C(C)N=c2s/c(=C/c3ccc(OCc4ccc(Cl)cc4Cl)cc3)c(=O)n2[C@@H]1c1ccc(OC)c(Br)c1. The maximum atomic E-state index is 13.8. The number of allylic oxidation sites excluding steroid dienone is 1. The molecule has 1 aliphatic heterocycles. The highest BCUT2D eigenvalue weighted by atomic mass is 79.9. The number of hydrogen-bond donors (Lipinski definition) is 0. The molecule has 0 saturated carbocycles. The normalized spacial score (nSPS) is 14.8. The molecule has 0 spiro atoms. The van der Waals surface area contributed by atoms with Crippen LogP contribution >= 0.6 is 50.5 Å². The van der Waals surface area contributed by atoms with E-state index in [0.717, 1.165) is 16.7 Å². The first-order chi connectivity index (χ1) is 20.2. The molecule has 1 aliphatic rings. The zero-order valence-corrected chi connectivity index (χ0v) is 26.7. The molecule has 7 nitrogen and oxygen atoms in total. The van der Waals surface area contributed by atoms with Crippen LogP contribution in [-0.2, 0) is 16.1 Å². The molecule has 5 rings (SSSR count).